The highest BCUT2D eigenvalue weighted by Gasteiger charge is 2.30. The van der Waals surface area contributed by atoms with Crippen LogP contribution in [0.25, 0.3) is 0 Å². The van der Waals surface area contributed by atoms with Crippen molar-refractivity contribution in [3.63, 3.8) is 0 Å². The molecule has 0 spiro atoms. The summed E-state index contributed by atoms with van der Waals surface area (Å²) in [6.07, 6.45) is -0.423. The maximum absolute atomic E-state index is 11.6. The van der Waals surface area contributed by atoms with Crippen molar-refractivity contribution in [2.45, 2.75) is 19.4 Å². The number of benzene rings is 1. The van der Waals surface area contributed by atoms with Crippen molar-refractivity contribution in [3.05, 3.63) is 24.3 Å². The lowest BCUT2D eigenvalue weighted by atomic mass is 10.3. The van der Waals surface area contributed by atoms with E-state index >= 15 is 0 Å². The van der Waals surface area contributed by atoms with Crippen LogP contribution in [0.5, 0.6) is 11.5 Å². The molecular weight excluding hydrogens is 264 g/mol. The molecule has 20 heavy (non-hydrogen) atoms. The Bertz CT molecular complexity index is 484. The molecular formula is C14H16O6. The van der Waals surface area contributed by atoms with Crippen molar-refractivity contribution < 1.29 is 28.5 Å². The first-order chi connectivity index (χ1) is 9.70. The van der Waals surface area contributed by atoms with Crippen molar-refractivity contribution >= 4 is 11.9 Å². The quantitative estimate of drug-likeness (QED) is 0.732. The molecule has 1 fully saturated rings. The van der Waals surface area contributed by atoms with Gasteiger partial charge in [0.05, 0.1) is 13.2 Å². The number of cyclic esters (lactones) is 1. The second-order valence-corrected chi connectivity index (χ2v) is 4.10. The molecule has 6 heteroatoms. The Morgan fingerprint density at radius 2 is 2.00 bits per heavy atom. The zero-order valence-electron chi connectivity index (χ0n) is 11.2. The molecule has 0 radical (unpaired) electrons. The smallest absolute Gasteiger partial charge is 0.347 e. The molecule has 0 N–H and O–H groups in total. The van der Waals surface area contributed by atoms with Crippen molar-refractivity contribution in [1.82, 2.24) is 0 Å². The van der Waals surface area contributed by atoms with Gasteiger partial charge in [-0.05, 0) is 19.1 Å². The molecule has 0 aromatic heterocycles. The third-order valence-corrected chi connectivity index (χ3v) is 2.66. The summed E-state index contributed by atoms with van der Waals surface area (Å²) in [6.45, 7) is 2.36. The van der Waals surface area contributed by atoms with Crippen LogP contribution in [0.1, 0.15) is 13.3 Å². The summed E-state index contributed by atoms with van der Waals surface area (Å²) in [5, 5.41) is 0. The minimum atomic E-state index is -0.812. The van der Waals surface area contributed by atoms with E-state index in [0.29, 0.717) is 24.5 Å². The lowest BCUT2D eigenvalue weighted by Gasteiger charge is -2.12. The Balaban J connectivity index is 1.85. The fourth-order valence-electron chi connectivity index (χ4n) is 1.76. The fraction of sp³-hybridized carbons (Fsp3) is 0.429. The molecule has 0 unspecified atom stereocenters. The fourth-order valence-corrected chi connectivity index (χ4v) is 1.76. The summed E-state index contributed by atoms with van der Waals surface area (Å²) in [7, 11) is 0. The van der Waals surface area contributed by atoms with Gasteiger partial charge in [0, 0.05) is 6.42 Å². The number of para-hydroxylation sites is 2. The lowest BCUT2D eigenvalue weighted by molar-refractivity contribution is -0.161. The number of rotatable bonds is 6. The van der Waals surface area contributed by atoms with Crippen molar-refractivity contribution in [3.8, 4) is 11.5 Å². The second-order valence-electron chi connectivity index (χ2n) is 4.10. The van der Waals surface area contributed by atoms with Gasteiger partial charge in [-0.15, -0.1) is 0 Å². The average Bonchev–Trinajstić information content (AvgIpc) is 2.84. The van der Waals surface area contributed by atoms with Gasteiger partial charge in [-0.1, -0.05) is 12.1 Å². The number of carbonyl (C=O) groups is 2. The van der Waals surface area contributed by atoms with E-state index in [9.17, 15) is 9.59 Å². The molecule has 1 aromatic carbocycles. The van der Waals surface area contributed by atoms with Gasteiger partial charge in [0.25, 0.3) is 0 Å². The molecule has 1 aliphatic heterocycles. The molecule has 108 valence electrons. The Hall–Kier alpha value is -2.24. The van der Waals surface area contributed by atoms with Gasteiger partial charge < -0.3 is 18.9 Å². The van der Waals surface area contributed by atoms with Crippen LogP contribution < -0.4 is 9.47 Å². The second kappa shape index (κ2) is 6.79. The van der Waals surface area contributed by atoms with Gasteiger partial charge >= 0.3 is 11.9 Å². The van der Waals surface area contributed by atoms with Crippen molar-refractivity contribution in [1.29, 1.82) is 0 Å². The van der Waals surface area contributed by atoms with Gasteiger partial charge in [-0.25, -0.2) is 9.59 Å². The molecule has 2 rings (SSSR count). The van der Waals surface area contributed by atoms with E-state index in [1.807, 2.05) is 13.0 Å². The molecule has 0 amide bonds. The van der Waals surface area contributed by atoms with Crippen LogP contribution in [-0.4, -0.2) is 37.9 Å². The van der Waals surface area contributed by atoms with Crippen LogP contribution in [0.2, 0.25) is 0 Å². The monoisotopic (exact) mass is 280 g/mol. The molecule has 0 aliphatic carbocycles. The summed E-state index contributed by atoms with van der Waals surface area (Å²) in [5.74, 6) is -0.100. The average molecular weight is 280 g/mol. The van der Waals surface area contributed by atoms with Gasteiger partial charge in [0.2, 0.25) is 6.10 Å². The van der Waals surface area contributed by atoms with E-state index in [1.165, 1.54) is 0 Å². The largest absolute Gasteiger partial charge is 0.490 e. The first kappa shape index (κ1) is 14.2. The number of hydrogen-bond donors (Lipinski definition) is 0. The Morgan fingerprint density at radius 3 is 2.60 bits per heavy atom. The highest BCUT2D eigenvalue weighted by atomic mass is 16.6. The zero-order valence-corrected chi connectivity index (χ0v) is 11.2. The summed E-state index contributed by atoms with van der Waals surface area (Å²) < 4.78 is 20.4. The predicted molar refractivity (Wildman–Crippen MR) is 68.6 cm³/mol. The standard InChI is InChI=1S/C14H16O6/c1-2-17-10-5-3-4-6-11(10)19-9-13(15)20-12-7-8-18-14(12)16/h3-6,12H,2,7-9H2,1H3/t12-/m0/s1. The summed E-state index contributed by atoms with van der Waals surface area (Å²) in [4.78, 5) is 22.8. The third-order valence-electron chi connectivity index (χ3n) is 2.66. The molecule has 1 atom stereocenters. The minimum absolute atomic E-state index is 0.283. The van der Waals surface area contributed by atoms with Gasteiger partial charge in [0.15, 0.2) is 18.1 Å². The van der Waals surface area contributed by atoms with Gasteiger partial charge in [0.1, 0.15) is 0 Å². The van der Waals surface area contributed by atoms with Crippen LogP contribution >= 0.6 is 0 Å². The topological polar surface area (TPSA) is 71.1 Å². The van der Waals surface area contributed by atoms with Crippen molar-refractivity contribution in [2.75, 3.05) is 19.8 Å². The number of ether oxygens (including phenoxy) is 4. The number of esters is 2. The van der Waals surface area contributed by atoms with E-state index in [2.05, 4.69) is 0 Å². The zero-order chi connectivity index (χ0) is 14.4. The Kier molecular flexibility index (Phi) is 4.81. The molecule has 0 saturated carbocycles. The van der Waals surface area contributed by atoms with Gasteiger partial charge in [-0.3, -0.25) is 0 Å². The molecule has 0 bridgehead atoms. The molecule has 1 aromatic rings. The molecule has 1 aliphatic rings. The SMILES string of the molecule is CCOc1ccccc1OCC(=O)O[C@H]1CCOC1=O. The van der Waals surface area contributed by atoms with E-state index in [4.69, 9.17) is 18.9 Å². The Labute approximate surface area is 116 Å². The van der Waals surface area contributed by atoms with E-state index < -0.39 is 18.0 Å². The Morgan fingerprint density at radius 1 is 1.30 bits per heavy atom. The number of carbonyl (C=O) groups excluding carboxylic acids is 2. The number of hydrogen-bond acceptors (Lipinski definition) is 6. The minimum Gasteiger partial charge on any atom is -0.490 e. The highest BCUT2D eigenvalue weighted by molar-refractivity contribution is 5.81. The van der Waals surface area contributed by atoms with Crippen molar-refractivity contribution in [2.24, 2.45) is 0 Å². The first-order valence-corrected chi connectivity index (χ1v) is 6.41. The van der Waals surface area contributed by atoms with Crippen LogP contribution in [0.3, 0.4) is 0 Å². The summed E-state index contributed by atoms with van der Waals surface area (Å²) in [6, 6.07) is 7.03. The summed E-state index contributed by atoms with van der Waals surface area (Å²) in [5.41, 5.74) is 0. The molecule has 6 nitrogen and oxygen atoms in total. The maximum Gasteiger partial charge on any atom is 0.347 e. The lowest BCUT2D eigenvalue weighted by Crippen LogP contribution is -2.26. The van der Waals surface area contributed by atoms with E-state index in [-0.39, 0.29) is 13.2 Å². The third kappa shape index (κ3) is 3.63. The van der Waals surface area contributed by atoms with E-state index in [1.54, 1.807) is 18.2 Å². The summed E-state index contributed by atoms with van der Waals surface area (Å²) >= 11 is 0. The van der Waals surface area contributed by atoms with Crippen LogP contribution in [0.15, 0.2) is 24.3 Å². The first-order valence-electron chi connectivity index (χ1n) is 6.41. The predicted octanol–water partition coefficient (Wildman–Crippen LogP) is 1.32. The molecule has 1 saturated heterocycles. The highest BCUT2D eigenvalue weighted by Crippen LogP contribution is 2.26. The van der Waals surface area contributed by atoms with Crippen LogP contribution in [0, 0.1) is 0 Å². The van der Waals surface area contributed by atoms with E-state index in [0.717, 1.165) is 0 Å². The van der Waals surface area contributed by atoms with Crippen LogP contribution in [0.4, 0.5) is 0 Å². The normalized spacial score (nSPS) is 17.4. The molecule has 1 heterocycles. The van der Waals surface area contributed by atoms with Gasteiger partial charge in [-0.2, -0.15) is 0 Å². The maximum atomic E-state index is 11.6. The van der Waals surface area contributed by atoms with Crippen LogP contribution in [-0.2, 0) is 19.1 Å².